The van der Waals surface area contributed by atoms with Gasteiger partial charge in [-0.25, -0.2) is 4.79 Å². The van der Waals surface area contributed by atoms with Crippen LogP contribution >= 0.6 is 0 Å². The second-order valence-electron chi connectivity index (χ2n) is 7.58. The van der Waals surface area contributed by atoms with Crippen molar-refractivity contribution in [1.29, 1.82) is 0 Å². The molecule has 1 aromatic rings. The quantitative estimate of drug-likeness (QED) is 0.864. The van der Waals surface area contributed by atoms with Crippen molar-refractivity contribution in [2.24, 2.45) is 0 Å². The SMILES string of the molecule is CC(C)(C)OC(=O)N1C2CCC1CC(O)(c1ccccc1)C2. The number of aliphatic hydroxyl groups is 1. The van der Waals surface area contributed by atoms with E-state index < -0.39 is 11.2 Å². The monoisotopic (exact) mass is 303 g/mol. The van der Waals surface area contributed by atoms with Crippen LogP contribution in [-0.2, 0) is 10.3 Å². The number of hydrogen-bond donors (Lipinski definition) is 1. The summed E-state index contributed by atoms with van der Waals surface area (Å²) in [5.74, 6) is 0. The molecule has 1 N–H and O–H groups in total. The molecule has 3 rings (SSSR count). The molecule has 2 unspecified atom stereocenters. The zero-order valence-corrected chi connectivity index (χ0v) is 13.6. The molecule has 2 bridgehead atoms. The highest BCUT2D eigenvalue weighted by molar-refractivity contribution is 5.69. The third-order valence-electron chi connectivity index (χ3n) is 4.68. The van der Waals surface area contributed by atoms with Crippen molar-refractivity contribution in [3.63, 3.8) is 0 Å². The lowest BCUT2D eigenvalue weighted by Crippen LogP contribution is -2.53. The second kappa shape index (κ2) is 5.27. The highest BCUT2D eigenvalue weighted by atomic mass is 16.6. The van der Waals surface area contributed by atoms with E-state index in [2.05, 4.69) is 0 Å². The van der Waals surface area contributed by atoms with Gasteiger partial charge < -0.3 is 14.7 Å². The largest absolute Gasteiger partial charge is 0.444 e. The second-order valence-corrected chi connectivity index (χ2v) is 7.58. The van der Waals surface area contributed by atoms with Gasteiger partial charge in [-0.15, -0.1) is 0 Å². The summed E-state index contributed by atoms with van der Waals surface area (Å²) in [6.45, 7) is 5.66. The molecular formula is C18H25NO3. The normalized spacial score (nSPS) is 31.2. The molecule has 2 aliphatic heterocycles. The van der Waals surface area contributed by atoms with Crippen LogP contribution in [0.1, 0.15) is 52.0 Å². The lowest BCUT2D eigenvalue weighted by atomic mass is 9.81. The van der Waals surface area contributed by atoms with Gasteiger partial charge in [0.05, 0.1) is 5.60 Å². The Bertz CT molecular complexity index is 535. The molecule has 2 aliphatic rings. The van der Waals surface area contributed by atoms with Crippen molar-refractivity contribution in [2.75, 3.05) is 0 Å². The zero-order valence-electron chi connectivity index (χ0n) is 13.6. The minimum Gasteiger partial charge on any atom is -0.444 e. The van der Waals surface area contributed by atoms with Gasteiger partial charge in [0.1, 0.15) is 5.60 Å². The van der Waals surface area contributed by atoms with E-state index >= 15 is 0 Å². The molecule has 0 aromatic heterocycles. The van der Waals surface area contributed by atoms with Gasteiger partial charge in [-0.1, -0.05) is 30.3 Å². The number of nitrogens with zero attached hydrogens (tertiary/aromatic N) is 1. The fraction of sp³-hybridized carbons (Fsp3) is 0.611. The zero-order chi connectivity index (χ0) is 16.0. The minimum absolute atomic E-state index is 0.0683. The first-order chi connectivity index (χ1) is 10.3. The fourth-order valence-electron chi connectivity index (χ4n) is 3.82. The van der Waals surface area contributed by atoms with Gasteiger partial charge in [0.25, 0.3) is 0 Å². The first kappa shape index (κ1) is 15.3. The molecule has 0 aliphatic carbocycles. The highest BCUT2D eigenvalue weighted by Gasteiger charge is 2.50. The maximum atomic E-state index is 12.4. The van der Waals surface area contributed by atoms with Crippen LogP contribution in [-0.4, -0.2) is 33.8 Å². The summed E-state index contributed by atoms with van der Waals surface area (Å²) < 4.78 is 5.54. The van der Waals surface area contributed by atoms with Crippen LogP contribution in [0, 0.1) is 0 Å². The Labute approximate surface area is 132 Å². The van der Waals surface area contributed by atoms with E-state index in [1.807, 2.05) is 56.0 Å². The van der Waals surface area contributed by atoms with Crippen LogP contribution < -0.4 is 0 Å². The van der Waals surface area contributed by atoms with E-state index in [1.165, 1.54) is 0 Å². The van der Waals surface area contributed by atoms with E-state index in [-0.39, 0.29) is 18.2 Å². The van der Waals surface area contributed by atoms with Gasteiger partial charge in [-0.3, -0.25) is 0 Å². The van der Waals surface area contributed by atoms with Crippen LogP contribution in [0.25, 0.3) is 0 Å². The Balaban J connectivity index is 1.78. The molecule has 2 atom stereocenters. The maximum Gasteiger partial charge on any atom is 0.410 e. The molecule has 0 saturated carbocycles. The summed E-state index contributed by atoms with van der Waals surface area (Å²) in [5, 5.41) is 11.1. The standard InChI is InChI=1S/C18H25NO3/c1-17(2,3)22-16(20)19-14-9-10-15(19)12-18(21,11-14)13-7-5-4-6-8-13/h4-8,14-15,21H,9-12H2,1-3H3. The van der Waals surface area contributed by atoms with Crippen molar-refractivity contribution < 1.29 is 14.6 Å². The summed E-state index contributed by atoms with van der Waals surface area (Å²) >= 11 is 0. The molecule has 0 spiro atoms. The van der Waals surface area contributed by atoms with Gasteiger partial charge in [0.2, 0.25) is 0 Å². The molecule has 2 fully saturated rings. The number of rotatable bonds is 1. The number of piperidine rings is 1. The summed E-state index contributed by atoms with van der Waals surface area (Å²) in [6, 6.07) is 9.95. The number of carbonyl (C=O) groups excluding carboxylic acids is 1. The summed E-state index contributed by atoms with van der Waals surface area (Å²) in [4.78, 5) is 14.3. The van der Waals surface area contributed by atoms with E-state index in [0.717, 1.165) is 18.4 Å². The molecule has 22 heavy (non-hydrogen) atoms. The molecule has 4 nitrogen and oxygen atoms in total. The summed E-state index contributed by atoms with van der Waals surface area (Å²) in [5.41, 5.74) is -0.356. The van der Waals surface area contributed by atoms with Gasteiger partial charge in [0.15, 0.2) is 0 Å². The van der Waals surface area contributed by atoms with Gasteiger partial charge >= 0.3 is 6.09 Å². The Morgan fingerprint density at radius 3 is 2.23 bits per heavy atom. The van der Waals surface area contributed by atoms with Crippen LogP contribution in [0.3, 0.4) is 0 Å². The molecule has 4 heteroatoms. The Hall–Kier alpha value is -1.55. The molecule has 1 aromatic carbocycles. The van der Waals surface area contributed by atoms with E-state index in [9.17, 15) is 9.90 Å². The minimum atomic E-state index is -0.828. The molecular weight excluding hydrogens is 278 g/mol. The van der Waals surface area contributed by atoms with Crippen LogP contribution in [0.15, 0.2) is 30.3 Å². The third kappa shape index (κ3) is 2.84. The number of ether oxygens (including phenoxy) is 1. The molecule has 2 heterocycles. The highest BCUT2D eigenvalue weighted by Crippen LogP contribution is 2.46. The number of hydrogen-bond acceptors (Lipinski definition) is 3. The number of fused-ring (bicyclic) bond motifs is 2. The average Bonchev–Trinajstić information content (AvgIpc) is 2.71. The lowest BCUT2D eigenvalue weighted by Gasteiger charge is -2.44. The first-order valence-corrected chi connectivity index (χ1v) is 8.08. The smallest absolute Gasteiger partial charge is 0.410 e. The van der Waals surface area contributed by atoms with Crippen LogP contribution in [0.4, 0.5) is 4.79 Å². The van der Waals surface area contributed by atoms with Gasteiger partial charge in [-0.2, -0.15) is 0 Å². The number of carbonyl (C=O) groups is 1. The third-order valence-corrected chi connectivity index (χ3v) is 4.68. The first-order valence-electron chi connectivity index (χ1n) is 8.08. The average molecular weight is 303 g/mol. The fourth-order valence-corrected chi connectivity index (χ4v) is 3.82. The van der Waals surface area contributed by atoms with Crippen molar-refractivity contribution in [2.45, 2.75) is 69.7 Å². The topological polar surface area (TPSA) is 49.8 Å². The molecule has 2 saturated heterocycles. The Kier molecular flexibility index (Phi) is 3.68. The van der Waals surface area contributed by atoms with Crippen molar-refractivity contribution in [3.05, 3.63) is 35.9 Å². The predicted molar refractivity (Wildman–Crippen MR) is 84.5 cm³/mol. The van der Waals surface area contributed by atoms with E-state index in [4.69, 9.17) is 4.74 Å². The van der Waals surface area contributed by atoms with Crippen LogP contribution in [0.2, 0.25) is 0 Å². The molecule has 0 radical (unpaired) electrons. The van der Waals surface area contributed by atoms with E-state index in [1.54, 1.807) is 0 Å². The van der Waals surface area contributed by atoms with Crippen LogP contribution in [0.5, 0.6) is 0 Å². The maximum absolute atomic E-state index is 12.4. The van der Waals surface area contributed by atoms with Crippen molar-refractivity contribution in [1.82, 2.24) is 4.90 Å². The predicted octanol–water partition coefficient (Wildman–Crippen LogP) is 3.44. The lowest BCUT2D eigenvalue weighted by molar-refractivity contribution is -0.0624. The Morgan fingerprint density at radius 2 is 1.73 bits per heavy atom. The summed E-state index contributed by atoms with van der Waals surface area (Å²) in [7, 11) is 0. The van der Waals surface area contributed by atoms with Crippen molar-refractivity contribution in [3.8, 4) is 0 Å². The molecule has 1 amide bonds. The van der Waals surface area contributed by atoms with Gasteiger partial charge in [-0.05, 0) is 39.2 Å². The number of amides is 1. The molecule has 120 valence electrons. The summed E-state index contributed by atoms with van der Waals surface area (Å²) in [6.07, 6.45) is 2.83. The van der Waals surface area contributed by atoms with Crippen molar-refractivity contribution >= 4 is 6.09 Å². The van der Waals surface area contributed by atoms with Gasteiger partial charge in [0, 0.05) is 24.9 Å². The Morgan fingerprint density at radius 1 is 1.18 bits per heavy atom. The number of benzene rings is 1. The van der Waals surface area contributed by atoms with E-state index in [0.29, 0.717) is 12.8 Å².